The summed E-state index contributed by atoms with van der Waals surface area (Å²) in [6.45, 7) is 4.27. The van der Waals surface area contributed by atoms with Crippen LogP contribution in [0.5, 0.6) is 0 Å². The van der Waals surface area contributed by atoms with Crippen LogP contribution in [0.25, 0.3) is 0 Å². The summed E-state index contributed by atoms with van der Waals surface area (Å²) in [5.74, 6) is 1.61. The van der Waals surface area contributed by atoms with Crippen LogP contribution in [0.3, 0.4) is 0 Å². The zero-order chi connectivity index (χ0) is 13.3. The molecule has 1 spiro atoms. The first-order valence-corrected chi connectivity index (χ1v) is 8.08. The summed E-state index contributed by atoms with van der Waals surface area (Å²) in [7, 11) is 0. The van der Waals surface area contributed by atoms with Gasteiger partial charge in [0.15, 0.2) is 0 Å². The molecule has 19 heavy (non-hydrogen) atoms. The fourth-order valence-electron chi connectivity index (χ4n) is 6.23. The smallest absolute Gasteiger partial charge is 0.137 e. The molecule has 0 aromatic heterocycles. The molecule has 6 atom stereocenters. The van der Waals surface area contributed by atoms with Gasteiger partial charge in [0.1, 0.15) is 11.5 Å². The van der Waals surface area contributed by atoms with E-state index in [1.165, 1.54) is 0 Å². The summed E-state index contributed by atoms with van der Waals surface area (Å²) >= 11 is 0. The summed E-state index contributed by atoms with van der Waals surface area (Å²) in [5, 5.41) is 11.6. The Morgan fingerprint density at radius 3 is 2.95 bits per heavy atom. The third kappa shape index (κ3) is 1.33. The van der Waals surface area contributed by atoms with Crippen LogP contribution in [0.15, 0.2) is 0 Å². The van der Waals surface area contributed by atoms with Crippen LogP contribution < -0.4 is 0 Å². The predicted octanol–water partition coefficient (Wildman–Crippen LogP) is 2.19. The van der Waals surface area contributed by atoms with Crippen LogP contribution in [0, 0.1) is 23.2 Å². The fourth-order valence-corrected chi connectivity index (χ4v) is 6.23. The molecule has 2 aliphatic heterocycles. The molecule has 4 fully saturated rings. The van der Waals surface area contributed by atoms with Crippen LogP contribution in [0.2, 0.25) is 0 Å². The van der Waals surface area contributed by atoms with Crippen molar-refractivity contribution in [2.45, 2.75) is 57.6 Å². The molecular weight excluding hydrogens is 238 g/mol. The molecule has 3 nitrogen and oxygen atoms in total. The first kappa shape index (κ1) is 12.3. The third-order valence-corrected chi connectivity index (χ3v) is 6.71. The number of carbonyl (C=O) groups is 1. The van der Waals surface area contributed by atoms with Gasteiger partial charge in [0.05, 0.1) is 0 Å². The zero-order valence-corrected chi connectivity index (χ0v) is 11.9. The highest BCUT2D eigenvalue weighted by molar-refractivity contribution is 5.85. The Morgan fingerprint density at radius 2 is 2.11 bits per heavy atom. The average molecular weight is 263 g/mol. The standard InChI is InChI=1S/C16H25NO2/c1-11-8-12-9-14(18)13-4-2-6-17-7-3-5-15(12,13)16(17,19)10-11/h11-13,19H,2-10H2,1H3/t11-,12+,13-,15+,16-/m1/s1. The molecule has 2 aliphatic carbocycles. The third-order valence-electron chi connectivity index (χ3n) is 6.71. The van der Waals surface area contributed by atoms with Gasteiger partial charge in [0, 0.05) is 30.8 Å². The summed E-state index contributed by atoms with van der Waals surface area (Å²) in [4.78, 5) is 14.9. The van der Waals surface area contributed by atoms with E-state index in [4.69, 9.17) is 0 Å². The SMILES string of the molecule is C[C@@H]1C[C@H]2CC(=O)[C@H]3CCCN4CCC[C@]23[C@]4(O)C1. The van der Waals surface area contributed by atoms with Gasteiger partial charge in [-0.1, -0.05) is 6.92 Å². The van der Waals surface area contributed by atoms with Gasteiger partial charge in [-0.2, -0.15) is 0 Å². The molecule has 2 heterocycles. The number of Topliss-reactive ketones (excluding diaryl/α,β-unsaturated/α-hetero) is 1. The van der Waals surface area contributed by atoms with E-state index in [1.54, 1.807) is 0 Å². The van der Waals surface area contributed by atoms with Crippen molar-refractivity contribution in [3.63, 3.8) is 0 Å². The Hall–Kier alpha value is -0.410. The second-order valence-electron chi connectivity index (χ2n) is 7.55. The van der Waals surface area contributed by atoms with E-state index in [2.05, 4.69) is 11.8 Å². The van der Waals surface area contributed by atoms with Gasteiger partial charge in [-0.3, -0.25) is 9.69 Å². The highest BCUT2D eigenvalue weighted by atomic mass is 16.3. The van der Waals surface area contributed by atoms with Gasteiger partial charge < -0.3 is 5.11 Å². The van der Waals surface area contributed by atoms with Crippen LogP contribution in [-0.2, 0) is 4.79 Å². The van der Waals surface area contributed by atoms with Gasteiger partial charge >= 0.3 is 0 Å². The molecule has 0 aromatic carbocycles. The van der Waals surface area contributed by atoms with E-state index >= 15 is 0 Å². The Labute approximate surface area is 115 Å². The number of ketones is 1. The van der Waals surface area contributed by atoms with Gasteiger partial charge in [-0.25, -0.2) is 0 Å². The molecule has 2 saturated heterocycles. The van der Waals surface area contributed by atoms with Gasteiger partial charge in [0.25, 0.3) is 0 Å². The molecule has 2 bridgehead atoms. The van der Waals surface area contributed by atoms with Crippen molar-refractivity contribution in [1.82, 2.24) is 4.90 Å². The lowest BCUT2D eigenvalue weighted by Gasteiger charge is -2.61. The first-order valence-electron chi connectivity index (χ1n) is 8.08. The number of nitrogens with zero attached hydrogens (tertiary/aromatic N) is 1. The van der Waals surface area contributed by atoms with Crippen molar-refractivity contribution in [2.75, 3.05) is 13.1 Å². The maximum atomic E-state index is 12.5. The highest BCUT2D eigenvalue weighted by Crippen LogP contribution is 2.66. The Morgan fingerprint density at radius 1 is 1.32 bits per heavy atom. The second kappa shape index (κ2) is 3.82. The fraction of sp³-hybridized carbons (Fsp3) is 0.938. The largest absolute Gasteiger partial charge is 0.375 e. The minimum Gasteiger partial charge on any atom is -0.375 e. The van der Waals surface area contributed by atoms with Crippen molar-refractivity contribution in [2.24, 2.45) is 23.2 Å². The topological polar surface area (TPSA) is 40.5 Å². The molecular formula is C16H25NO2. The number of rotatable bonds is 0. The second-order valence-corrected chi connectivity index (χ2v) is 7.55. The highest BCUT2D eigenvalue weighted by Gasteiger charge is 2.69. The van der Waals surface area contributed by atoms with Crippen molar-refractivity contribution in [3.8, 4) is 0 Å². The van der Waals surface area contributed by atoms with Crippen molar-refractivity contribution in [1.29, 1.82) is 0 Å². The van der Waals surface area contributed by atoms with Crippen LogP contribution in [-0.4, -0.2) is 34.6 Å². The van der Waals surface area contributed by atoms with Gasteiger partial charge in [-0.05, 0) is 50.4 Å². The van der Waals surface area contributed by atoms with E-state index < -0.39 is 5.72 Å². The van der Waals surface area contributed by atoms with E-state index in [0.29, 0.717) is 17.6 Å². The molecule has 0 aromatic rings. The number of piperidine rings is 1. The van der Waals surface area contributed by atoms with E-state index in [1.807, 2.05) is 0 Å². The Kier molecular flexibility index (Phi) is 2.48. The van der Waals surface area contributed by atoms with Crippen molar-refractivity contribution < 1.29 is 9.90 Å². The van der Waals surface area contributed by atoms with Crippen LogP contribution in [0.1, 0.15) is 51.9 Å². The van der Waals surface area contributed by atoms with E-state index in [0.717, 1.165) is 58.0 Å². The predicted molar refractivity (Wildman–Crippen MR) is 72.4 cm³/mol. The molecule has 0 radical (unpaired) electrons. The monoisotopic (exact) mass is 263 g/mol. The lowest BCUT2D eigenvalue weighted by molar-refractivity contribution is -0.264. The summed E-state index contributed by atoms with van der Waals surface area (Å²) in [5.41, 5.74) is -0.772. The minimum absolute atomic E-state index is 0.0919. The molecule has 106 valence electrons. The molecule has 3 heteroatoms. The number of hydrogen-bond acceptors (Lipinski definition) is 3. The summed E-state index contributed by atoms with van der Waals surface area (Å²) < 4.78 is 0. The summed E-state index contributed by atoms with van der Waals surface area (Å²) in [6, 6.07) is 0. The minimum atomic E-state index is -0.680. The van der Waals surface area contributed by atoms with Gasteiger partial charge in [-0.15, -0.1) is 0 Å². The molecule has 0 amide bonds. The van der Waals surface area contributed by atoms with E-state index in [-0.39, 0.29) is 11.3 Å². The molecule has 4 rings (SSSR count). The zero-order valence-electron chi connectivity index (χ0n) is 11.9. The average Bonchev–Trinajstić information content (AvgIpc) is 2.59. The molecule has 1 unspecified atom stereocenters. The van der Waals surface area contributed by atoms with Crippen molar-refractivity contribution in [3.05, 3.63) is 0 Å². The molecule has 1 N–H and O–H groups in total. The Bertz CT molecular complexity index is 423. The molecule has 4 aliphatic rings. The maximum Gasteiger partial charge on any atom is 0.137 e. The number of hydrogen-bond donors (Lipinski definition) is 1. The first-order chi connectivity index (χ1) is 9.08. The molecule has 2 saturated carbocycles. The quantitative estimate of drug-likeness (QED) is 0.728. The maximum absolute atomic E-state index is 12.5. The number of aliphatic hydroxyl groups is 1. The van der Waals surface area contributed by atoms with E-state index in [9.17, 15) is 9.90 Å². The number of carbonyl (C=O) groups excluding carboxylic acids is 1. The van der Waals surface area contributed by atoms with Crippen LogP contribution >= 0.6 is 0 Å². The van der Waals surface area contributed by atoms with Crippen LogP contribution in [0.4, 0.5) is 0 Å². The lowest BCUT2D eigenvalue weighted by atomic mass is 9.53. The van der Waals surface area contributed by atoms with Crippen molar-refractivity contribution >= 4 is 5.78 Å². The normalized spacial score (nSPS) is 56.6. The lowest BCUT2D eigenvalue weighted by Crippen LogP contribution is -2.68. The Balaban J connectivity index is 1.90. The summed E-state index contributed by atoms with van der Waals surface area (Å²) in [6.07, 6.45) is 7.12. The van der Waals surface area contributed by atoms with Gasteiger partial charge in [0.2, 0.25) is 0 Å².